The Bertz CT molecular complexity index is 776. The molecule has 7 heteroatoms. The van der Waals surface area contributed by atoms with E-state index in [2.05, 4.69) is 25.6 Å². The molecule has 0 atom stereocenters. The molecule has 0 aliphatic heterocycles. The molecule has 0 saturated carbocycles. The molecule has 4 N–H and O–H groups in total. The van der Waals surface area contributed by atoms with Crippen LogP contribution in [0.5, 0.6) is 0 Å². The van der Waals surface area contributed by atoms with Crippen LogP contribution in [-0.4, -0.2) is 15.0 Å². The molecule has 0 amide bonds. The number of nitrogens with one attached hydrogen (secondary N) is 2. The van der Waals surface area contributed by atoms with Crippen molar-refractivity contribution in [1.29, 1.82) is 0 Å². The Morgan fingerprint density at radius 3 is 2.48 bits per heavy atom. The first-order valence-corrected chi connectivity index (χ1v) is 7.37. The second kappa shape index (κ2) is 6.93. The zero-order valence-corrected chi connectivity index (χ0v) is 13.0. The number of hydrogen-bond donors (Lipinski definition) is 3. The van der Waals surface area contributed by atoms with Crippen molar-refractivity contribution in [3.63, 3.8) is 0 Å². The van der Waals surface area contributed by atoms with E-state index in [1.54, 1.807) is 6.20 Å². The summed E-state index contributed by atoms with van der Waals surface area (Å²) in [6.45, 7) is 0.585. The van der Waals surface area contributed by atoms with Crippen molar-refractivity contribution in [3.05, 3.63) is 65.6 Å². The molecule has 23 heavy (non-hydrogen) atoms. The van der Waals surface area contributed by atoms with Crippen LogP contribution < -0.4 is 16.4 Å². The van der Waals surface area contributed by atoms with Crippen LogP contribution in [-0.2, 0) is 6.54 Å². The van der Waals surface area contributed by atoms with E-state index in [-0.39, 0.29) is 0 Å². The first-order chi connectivity index (χ1) is 11.2. The Kier molecular flexibility index (Phi) is 4.54. The van der Waals surface area contributed by atoms with Crippen LogP contribution in [0.15, 0.2) is 55.0 Å². The molecule has 0 radical (unpaired) electrons. The number of pyridine rings is 1. The number of aromatic nitrogens is 3. The van der Waals surface area contributed by atoms with Crippen molar-refractivity contribution in [2.45, 2.75) is 6.54 Å². The lowest BCUT2D eigenvalue weighted by atomic mass is 10.2. The average molecular weight is 327 g/mol. The highest BCUT2D eigenvalue weighted by atomic mass is 35.5. The fourth-order valence-corrected chi connectivity index (χ4v) is 2.11. The first-order valence-electron chi connectivity index (χ1n) is 6.99. The molecule has 0 fully saturated rings. The van der Waals surface area contributed by atoms with E-state index >= 15 is 0 Å². The monoisotopic (exact) mass is 326 g/mol. The largest absolute Gasteiger partial charge is 0.393 e. The van der Waals surface area contributed by atoms with Crippen molar-refractivity contribution >= 4 is 34.7 Å². The maximum Gasteiger partial charge on any atom is 0.160 e. The predicted octanol–water partition coefficient (Wildman–Crippen LogP) is 3.46. The fourth-order valence-electron chi connectivity index (χ4n) is 1.98. The Balaban J connectivity index is 1.73. The summed E-state index contributed by atoms with van der Waals surface area (Å²) in [5.41, 5.74) is 7.63. The summed E-state index contributed by atoms with van der Waals surface area (Å²) in [5, 5.41) is 6.97. The van der Waals surface area contributed by atoms with Crippen LogP contribution in [0.4, 0.5) is 23.1 Å². The zero-order chi connectivity index (χ0) is 16.1. The Morgan fingerprint density at radius 1 is 0.957 bits per heavy atom. The Hall–Kier alpha value is -2.86. The summed E-state index contributed by atoms with van der Waals surface area (Å²) in [4.78, 5) is 12.5. The molecule has 2 heterocycles. The molecule has 0 spiro atoms. The number of hydrogen-bond acceptors (Lipinski definition) is 6. The number of nitrogens with zero attached hydrogens (tertiary/aromatic N) is 3. The van der Waals surface area contributed by atoms with Crippen LogP contribution in [0, 0.1) is 0 Å². The van der Waals surface area contributed by atoms with Gasteiger partial charge in [0.2, 0.25) is 0 Å². The van der Waals surface area contributed by atoms with E-state index in [1.807, 2.05) is 42.5 Å². The van der Waals surface area contributed by atoms with Gasteiger partial charge in [0, 0.05) is 17.8 Å². The second-order valence-corrected chi connectivity index (χ2v) is 5.24. The van der Waals surface area contributed by atoms with Gasteiger partial charge in [-0.05, 0) is 29.8 Å². The van der Waals surface area contributed by atoms with Crippen LogP contribution in [0.3, 0.4) is 0 Å². The lowest BCUT2D eigenvalue weighted by Crippen LogP contribution is -2.08. The van der Waals surface area contributed by atoms with Gasteiger partial charge in [0.25, 0.3) is 0 Å². The van der Waals surface area contributed by atoms with Crippen LogP contribution in [0.25, 0.3) is 0 Å². The first kappa shape index (κ1) is 15.1. The van der Waals surface area contributed by atoms with Gasteiger partial charge >= 0.3 is 0 Å². The molecule has 0 aliphatic rings. The maximum atomic E-state index is 6.12. The summed E-state index contributed by atoms with van der Waals surface area (Å²) >= 11 is 5.88. The van der Waals surface area contributed by atoms with Gasteiger partial charge in [-0.2, -0.15) is 0 Å². The number of halogens is 1. The number of nitrogens with two attached hydrogens (primary N) is 1. The van der Waals surface area contributed by atoms with Crippen LogP contribution in [0.2, 0.25) is 5.02 Å². The van der Waals surface area contributed by atoms with Gasteiger partial charge in [-0.25, -0.2) is 15.0 Å². The summed E-state index contributed by atoms with van der Waals surface area (Å²) in [7, 11) is 0. The number of nitrogen functional groups attached to an aromatic ring is 1. The molecular formula is C16H15ClN6. The molecule has 6 nitrogen and oxygen atoms in total. The Morgan fingerprint density at radius 2 is 1.74 bits per heavy atom. The predicted molar refractivity (Wildman–Crippen MR) is 92.7 cm³/mol. The molecule has 2 aromatic heterocycles. The number of rotatable bonds is 5. The lowest BCUT2D eigenvalue weighted by Gasteiger charge is -2.12. The normalized spacial score (nSPS) is 10.3. The van der Waals surface area contributed by atoms with E-state index < -0.39 is 0 Å². The van der Waals surface area contributed by atoms with E-state index in [1.165, 1.54) is 6.33 Å². The second-order valence-electron chi connectivity index (χ2n) is 4.80. The molecule has 0 unspecified atom stereocenters. The minimum Gasteiger partial charge on any atom is -0.393 e. The minimum absolute atomic E-state index is 0.437. The summed E-state index contributed by atoms with van der Waals surface area (Å²) in [6.07, 6.45) is 3.14. The highest BCUT2D eigenvalue weighted by Crippen LogP contribution is 2.25. The molecule has 116 valence electrons. The van der Waals surface area contributed by atoms with E-state index in [0.29, 0.717) is 34.7 Å². The average Bonchev–Trinajstić information content (AvgIpc) is 2.58. The number of anilines is 4. The fraction of sp³-hybridized carbons (Fsp3) is 0.0625. The van der Waals surface area contributed by atoms with Crippen molar-refractivity contribution in [1.82, 2.24) is 15.0 Å². The van der Waals surface area contributed by atoms with Gasteiger partial charge in [0.05, 0.1) is 0 Å². The van der Waals surface area contributed by atoms with Crippen LogP contribution >= 0.6 is 11.6 Å². The van der Waals surface area contributed by atoms with Gasteiger partial charge in [-0.3, -0.25) is 0 Å². The molecule has 3 aromatic rings. The van der Waals surface area contributed by atoms with Gasteiger partial charge < -0.3 is 16.4 Å². The smallest absolute Gasteiger partial charge is 0.160 e. The van der Waals surface area contributed by atoms with E-state index in [0.717, 1.165) is 5.56 Å². The third kappa shape index (κ3) is 3.87. The summed E-state index contributed by atoms with van der Waals surface area (Å²) in [6, 6.07) is 13.1. The van der Waals surface area contributed by atoms with Gasteiger partial charge in [-0.1, -0.05) is 29.8 Å². The van der Waals surface area contributed by atoms with Crippen LogP contribution in [0.1, 0.15) is 5.56 Å². The highest BCUT2D eigenvalue weighted by Gasteiger charge is 2.08. The molecule has 0 bridgehead atoms. The summed E-state index contributed by atoms with van der Waals surface area (Å²) < 4.78 is 0. The maximum absolute atomic E-state index is 6.12. The molecule has 0 aliphatic carbocycles. The Labute approximate surface area is 138 Å². The SMILES string of the molecule is Nc1c(NCc2ccc(Cl)cc2)ncnc1Nc1ccccn1. The van der Waals surface area contributed by atoms with Crippen molar-refractivity contribution in [2.75, 3.05) is 16.4 Å². The number of benzene rings is 1. The lowest BCUT2D eigenvalue weighted by molar-refractivity contribution is 1.08. The van der Waals surface area contributed by atoms with Crippen molar-refractivity contribution in [3.8, 4) is 0 Å². The molecule has 1 aromatic carbocycles. The molecular weight excluding hydrogens is 312 g/mol. The van der Waals surface area contributed by atoms with Gasteiger partial charge in [0.15, 0.2) is 11.6 Å². The minimum atomic E-state index is 0.437. The van der Waals surface area contributed by atoms with E-state index in [9.17, 15) is 0 Å². The van der Waals surface area contributed by atoms with Crippen molar-refractivity contribution < 1.29 is 0 Å². The van der Waals surface area contributed by atoms with Crippen molar-refractivity contribution in [2.24, 2.45) is 0 Å². The summed E-state index contributed by atoms with van der Waals surface area (Å²) in [5.74, 6) is 1.74. The van der Waals surface area contributed by atoms with Gasteiger partial charge in [-0.15, -0.1) is 0 Å². The zero-order valence-electron chi connectivity index (χ0n) is 12.2. The highest BCUT2D eigenvalue weighted by molar-refractivity contribution is 6.30. The third-order valence-corrected chi connectivity index (χ3v) is 3.42. The quantitative estimate of drug-likeness (QED) is 0.665. The topological polar surface area (TPSA) is 88.8 Å². The molecule has 3 rings (SSSR count). The third-order valence-electron chi connectivity index (χ3n) is 3.17. The standard InChI is InChI=1S/C16H15ClN6/c17-12-6-4-11(5-7-12)9-20-15-14(18)16(22-10-21-15)23-13-3-1-2-8-19-13/h1-8,10H,9,18H2,(H2,19,20,21,22,23). The van der Waals surface area contributed by atoms with Gasteiger partial charge in [0.1, 0.15) is 17.8 Å². The molecule has 0 saturated heterocycles. The van der Waals surface area contributed by atoms with E-state index in [4.69, 9.17) is 17.3 Å².